The van der Waals surface area contributed by atoms with Gasteiger partial charge >= 0.3 is 5.97 Å². The number of amides is 1. The second-order valence-electron chi connectivity index (χ2n) is 8.55. The summed E-state index contributed by atoms with van der Waals surface area (Å²) in [7, 11) is 0. The summed E-state index contributed by atoms with van der Waals surface area (Å²) in [5.41, 5.74) is 0.875. The standard InChI is InChI=1S/C24H23N3O6S/c1-13-20-22(34-21(13)24(31)33-15-5-3-2-4-6-15)25-12-27(23(20)30)10-17(28)14-7-8-18-16(9-14)26-19(29)11-32-18/h7-9,12,15H,2-6,10-11H2,1H3,(H,26,29). The molecule has 10 heteroatoms. The Morgan fingerprint density at radius 2 is 2.03 bits per heavy atom. The number of aryl methyl sites for hydroxylation is 1. The molecule has 1 aliphatic heterocycles. The van der Waals surface area contributed by atoms with Crippen molar-refractivity contribution in [2.45, 2.75) is 51.7 Å². The van der Waals surface area contributed by atoms with Crippen LogP contribution in [0.4, 0.5) is 5.69 Å². The number of nitrogens with zero attached hydrogens (tertiary/aromatic N) is 2. The second kappa shape index (κ2) is 9.02. The topological polar surface area (TPSA) is 117 Å². The van der Waals surface area contributed by atoms with Crippen molar-refractivity contribution in [2.24, 2.45) is 0 Å². The van der Waals surface area contributed by atoms with Gasteiger partial charge in [0.25, 0.3) is 11.5 Å². The van der Waals surface area contributed by atoms with Crippen LogP contribution in [-0.4, -0.2) is 39.9 Å². The largest absolute Gasteiger partial charge is 0.482 e. The van der Waals surface area contributed by atoms with E-state index in [1.807, 2.05) is 0 Å². The molecule has 2 aliphatic rings. The van der Waals surface area contributed by atoms with Crippen molar-refractivity contribution >= 4 is 44.9 Å². The molecule has 34 heavy (non-hydrogen) atoms. The number of nitrogens with one attached hydrogen (secondary N) is 1. The van der Waals surface area contributed by atoms with E-state index in [2.05, 4.69) is 10.3 Å². The number of Topliss-reactive ketones (excluding diaryl/α,β-unsaturated/α-hetero) is 1. The van der Waals surface area contributed by atoms with E-state index >= 15 is 0 Å². The molecule has 176 valence electrons. The molecule has 0 unspecified atom stereocenters. The van der Waals surface area contributed by atoms with Crippen molar-refractivity contribution < 1.29 is 23.9 Å². The van der Waals surface area contributed by atoms with Crippen LogP contribution in [-0.2, 0) is 16.1 Å². The Bertz CT molecular complexity index is 1370. The molecule has 3 aromatic rings. The molecule has 1 aliphatic carbocycles. The first-order chi connectivity index (χ1) is 16.4. The smallest absolute Gasteiger partial charge is 0.348 e. The second-order valence-corrected chi connectivity index (χ2v) is 9.55. The fourth-order valence-electron chi connectivity index (χ4n) is 4.36. The van der Waals surface area contributed by atoms with E-state index in [1.54, 1.807) is 19.1 Å². The molecular weight excluding hydrogens is 458 g/mol. The van der Waals surface area contributed by atoms with E-state index < -0.39 is 11.5 Å². The fraction of sp³-hybridized carbons (Fsp3) is 0.375. The molecule has 9 nitrogen and oxygen atoms in total. The summed E-state index contributed by atoms with van der Waals surface area (Å²) in [6.45, 7) is 1.40. The maximum absolute atomic E-state index is 13.2. The molecule has 2 aromatic heterocycles. The molecule has 0 spiro atoms. The van der Waals surface area contributed by atoms with Crippen molar-refractivity contribution in [3.05, 3.63) is 50.9 Å². The Hall–Kier alpha value is -3.53. The van der Waals surface area contributed by atoms with E-state index in [0.29, 0.717) is 37.7 Å². The summed E-state index contributed by atoms with van der Waals surface area (Å²) in [5.74, 6) is -0.560. The lowest BCUT2D eigenvalue weighted by Crippen LogP contribution is -2.26. The highest BCUT2D eigenvalue weighted by atomic mass is 32.1. The number of ether oxygens (including phenoxy) is 2. The molecule has 0 radical (unpaired) electrons. The number of esters is 1. The Kier molecular flexibility index (Phi) is 5.91. The molecule has 0 atom stereocenters. The summed E-state index contributed by atoms with van der Waals surface area (Å²) in [6.07, 6.45) is 6.22. The Labute approximate surface area is 198 Å². The molecule has 1 amide bonds. The normalized spacial score (nSPS) is 16.0. The van der Waals surface area contributed by atoms with E-state index in [4.69, 9.17) is 9.47 Å². The summed E-state index contributed by atoms with van der Waals surface area (Å²) in [5, 5.41) is 2.99. The SMILES string of the molecule is Cc1c(C(=O)OC2CCCCC2)sc2ncn(CC(=O)c3ccc4c(c3)NC(=O)CO4)c(=O)c12. The number of aromatic nitrogens is 2. The zero-order valence-electron chi connectivity index (χ0n) is 18.6. The minimum Gasteiger partial charge on any atom is -0.482 e. The number of anilines is 1. The van der Waals surface area contributed by atoms with Crippen LogP contribution in [0.15, 0.2) is 29.3 Å². The lowest BCUT2D eigenvalue weighted by atomic mass is 9.98. The van der Waals surface area contributed by atoms with Gasteiger partial charge in [-0.2, -0.15) is 0 Å². The maximum Gasteiger partial charge on any atom is 0.348 e. The molecule has 1 fully saturated rings. The van der Waals surface area contributed by atoms with Crippen LogP contribution in [0, 0.1) is 6.92 Å². The Balaban J connectivity index is 1.39. The van der Waals surface area contributed by atoms with Crippen LogP contribution >= 0.6 is 11.3 Å². The lowest BCUT2D eigenvalue weighted by Gasteiger charge is -2.21. The minimum atomic E-state index is -0.423. The van der Waals surface area contributed by atoms with Gasteiger partial charge in [0.1, 0.15) is 21.6 Å². The van der Waals surface area contributed by atoms with Crippen molar-refractivity contribution in [3.8, 4) is 5.75 Å². The minimum absolute atomic E-state index is 0.0719. The van der Waals surface area contributed by atoms with Crippen LogP contribution in [0.5, 0.6) is 5.75 Å². The van der Waals surface area contributed by atoms with Crippen LogP contribution in [0.25, 0.3) is 10.2 Å². The van der Waals surface area contributed by atoms with E-state index in [9.17, 15) is 19.2 Å². The van der Waals surface area contributed by atoms with Crippen molar-refractivity contribution in [3.63, 3.8) is 0 Å². The number of rotatable bonds is 5. The number of benzene rings is 1. The third-order valence-electron chi connectivity index (χ3n) is 6.18. The van der Waals surface area contributed by atoms with Gasteiger partial charge in [-0.15, -0.1) is 11.3 Å². The van der Waals surface area contributed by atoms with Gasteiger partial charge in [-0.1, -0.05) is 6.42 Å². The quantitative estimate of drug-likeness (QED) is 0.438. The van der Waals surface area contributed by atoms with E-state index in [1.165, 1.54) is 17.0 Å². The Morgan fingerprint density at radius 3 is 2.82 bits per heavy atom. The van der Waals surface area contributed by atoms with Gasteiger partial charge in [0.15, 0.2) is 12.4 Å². The number of carbonyl (C=O) groups excluding carboxylic acids is 3. The van der Waals surface area contributed by atoms with Crippen LogP contribution in [0.1, 0.15) is 57.7 Å². The maximum atomic E-state index is 13.2. The van der Waals surface area contributed by atoms with Crippen molar-refractivity contribution in [2.75, 3.05) is 11.9 Å². The number of carbonyl (C=O) groups is 3. The molecule has 1 saturated carbocycles. The zero-order valence-corrected chi connectivity index (χ0v) is 19.4. The van der Waals surface area contributed by atoms with Gasteiger partial charge in [-0.25, -0.2) is 9.78 Å². The summed E-state index contributed by atoms with van der Waals surface area (Å²) in [4.78, 5) is 55.5. The van der Waals surface area contributed by atoms with Gasteiger partial charge in [0, 0.05) is 5.56 Å². The number of hydrogen-bond donors (Lipinski definition) is 1. The van der Waals surface area contributed by atoms with Gasteiger partial charge in [-0.05, 0) is 56.4 Å². The van der Waals surface area contributed by atoms with Crippen LogP contribution in [0.3, 0.4) is 0 Å². The first-order valence-corrected chi connectivity index (χ1v) is 12.0. The third kappa shape index (κ3) is 4.21. The van der Waals surface area contributed by atoms with Gasteiger partial charge in [0.05, 0.1) is 23.9 Å². The predicted molar refractivity (Wildman–Crippen MR) is 126 cm³/mol. The summed E-state index contributed by atoms with van der Waals surface area (Å²) >= 11 is 1.14. The first-order valence-electron chi connectivity index (χ1n) is 11.2. The summed E-state index contributed by atoms with van der Waals surface area (Å²) in [6, 6.07) is 4.73. The molecular formula is C24H23N3O6S. The average molecular weight is 482 g/mol. The third-order valence-corrected chi connectivity index (χ3v) is 7.36. The van der Waals surface area contributed by atoms with Crippen molar-refractivity contribution in [1.82, 2.24) is 9.55 Å². The van der Waals surface area contributed by atoms with Gasteiger partial charge in [0.2, 0.25) is 0 Å². The number of ketones is 1. The number of hydrogen-bond acceptors (Lipinski definition) is 8. The first kappa shape index (κ1) is 22.3. The summed E-state index contributed by atoms with van der Waals surface area (Å²) < 4.78 is 12.2. The fourth-order valence-corrected chi connectivity index (χ4v) is 5.38. The highest BCUT2D eigenvalue weighted by Crippen LogP contribution is 2.30. The van der Waals surface area contributed by atoms with Crippen LogP contribution < -0.4 is 15.6 Å². The molecule has 0 bridgehead atoms. The highest BCUT2D eigenvalue weighted by Gasteiger charge is 2.25. The lowest BCUT2D eigenvalue weighted by molar-refractivity contribution is -0.118. The molecule has 3 heterocycles. The number of fused-ring (bicyclic) bond motifs is 2. The van der Waals surface area contributed by atoms with Crippen LogP contribution in [0.2, 0.25) is 0 Å². The molecule has 1 aromatic carbocycles. The molecule has 0 saturated heterocycles. The monoisotopic (exact) mass is 481 g/mol. The van der Waals surface area contributed by atoms with E-state index in [0.717, 1.165) is 43.4 Å². The van der Waals surface area contributed by atoms with E-state index in [-0.39, 0.29) is 30.9 Å². The van der Waals surface area contributed by atoms with Gasteiger partial charge < -0.3 is 14.8 Å². The van der Waals surface area contributed by atoms with Crippen molar-refractivity contribution in [1.29, 1.82) is 0 Å². The molecule has 1 N–H and O–H groups in total. The zero-order chi connectivity index (χ0) is 23.8. The highest BCUT2D eigenvalue weighted by molar-refractivity contribution is 7.20. The predicted octanol–water partition coefficient (Wildman–Crippen LogP) is 3.47. The van der Waals surface area contributed by atoms with Gasteiger partial charge in [-0.3, -0.25) is 19.0 Å². The average Bonchev–Trinajstić information content (AvgIpc) is 3.18. The Morgan fingerprint density at radius 1 is 1.24 bits per heavy atom. The number of thiophene rings is 1. The molecule has 5 rings (SSSR count).